The number of rotatable bonds is 4. The van der Waals surface area contributed by atoms with Gasteiger partial charge in [0.25, 0.3) is 0 Å². The summed E-state index contributed by atoms with van der Waals surface area (Å²) >= 11 is 5.87. The molecule has 0 bridgehead atoms. The summed E-state index contributed by atoms with van der Waals surface area (Å²) < 4.78 is 1.67. The fourth-order valence-corrected chi connectivity index (χ4v) is 2.20. The molecule has 0 spiro atoms. The van der Waals surface area contributed by atoms with Gasteiger partial charge in [-0.25, -0.2) is 4.68 Å². The van der Waals surface area contributed by atoms with E-state index in [-0.39, 0.29) is 5.78 Å². The first-order valence-electron chi connectivity index (χ1n) is 6.60. The maximum absolute atomic E-state index is 12.8. The highest BCUT2D eigenvalue weighted by Crippen LogP contribution is 2.18. The van der Waals surface area contributed by atoms with Gasteiger partial charge in [-0.2, -0.15) is 5.10 Å². The Morgan fingerprint density at radius 3 is 2.33 bits per heavy atom. The molecule has 0 saturated carbocycles. The van der Waals surface area contributed by atoms with Crippen molar-refractivity contribution < 1.29 is 4.79 Å². The van der Waals surface area contributed by atoms with Crippen molar-refractivity contribution in [3.63, 3.8) is 0 Å². The summed E-state index contributed by atoms with van der Waals surface area (Å²) in [4.78, 5) is 14.6. The predicted octanol–water partition coefficient (Wildman–Crippen LogP) is 3.40. The molecule has 21 heavy (non-hydrogen) atoms. The number of Topliss-reactive ketones (excluding diaryl/α,β-unsaturated/α-hetero) is 1. The lowest BCUT2D eigenvalue weighted by atomic mass is 10.1. The number of hydrogen-bond acceptors (Lipinski definition) is 3. The van der Waals surface area contributed by atoms with Crippen molar-refractivity contribution in [1.29, 1.82) is 0 Å². The van der Waals surface area contributed by atoms with Gasteiger partial charge >= 0.3 is 0 Å². The van der Waals surface area contributed by atoms with E-state index in [9.17, 15) is 4.79 Å². The molecular formula is C16H18ClN3O. The molecule has 0 N–H and O–H groups in total. The summed E-state index contributed by atoms with van der Waals surface area (Å²) in [5.41, 5.74) is 2.89. The molecule has 2 rings (SSSR count). The highest BCUT2D eigenvalue weighted by atomic mass is 35.5. The number of nitrogens with zero attached hydrogens (tertiary/aromatic N) is 3. The van der Waals surface area contributed by atoms with Gasteiger partial charge in [0.1, 0.15) is 5.70 Å². The maximum atomic E-state index is 12.8. The van der Waals surface area contributed by atoms with Crippen LogP contribution in [0.4, 0.5) is 0 Å². The number of carbonyl (C=O) groups is 1. The lowest BCUT2D eigenvalue weighted by molar-refractivity contribution is 0.104. The van der Waals surface area contributed by atoms with Crippen molar-refractivity contribution in [2.75, 3.05) is 14.1 Å². The molecule has 0 fully saturated rings. The fraction of sp³-hybridized carbons (Fsp3) is 0.250. The van der Waals surface area contributed by atoms with Crippen LogP contribution in [0.3, 0.4) is 0 Å². The third kappa shape index (κ3) is 3.52. The molecule has 4 nitrogen and oxygen atoms in total. The number of aryl methyl sites for hydroxylation is 2. The molecule has 0 saturated heterocycles. The lowest BCUT2D eigenvalue weighted by Gasteiger charge is -2.13. The van der Waals surface area contributed by atoms with Crippen LogP contribution in [0.5, 0.6) is 0 Å². The Morgan fingerprint density at radius 1 is 1.24 bits per heavy atom. The highest BCUT2D eigenvalue weighted by Gasteiger charge is 2.17. The molecule has 0 aliphatic heterocycles. The maximum Gasteiger partial charge on any atom is 0.212 e. The van der Waals surface area contributed by atoms with Gasteiger partial charge in [0.2, 0.25) is 5.78 Å². The standard InChI is InChI=1S/C16H18ClN3O/c1-11-9-12(2)20(18-11)15(10-19(3)4)16(21)13-5-7-14(17)8-6-13/h5-10H,1-4H3. The first-order chi connectivity index (χ1) is 9.88. The Hall–Kier alpha value is -2.07. The van der Waals surface area contributed by atoms with E-state index < -0.39 is 0 Å². The molecule has 0 unspecified atom stereocenters. The van der Waals surface area contributed by atoms with E-state index >= 15 is 0 Å². The zero-order valence-electron chi connectivity index (χ0n) is 12.6. The molecule has 0 amide bonds. The third-order valence-electron chi connectivity index (χ3n) is 2.96. The molecule has 0 aliphatic rings. The van der Waals surface area contributed by atoms with E-state index in [1.165, 1.54) is 0 Å². The second-order valence-electron chi connectivity index (χ2n) is 5.15. The minimum Gasteiger partial charge on any atom is -0.382 e. The zero-order valence-corrected chi connectivity index (χ0v) is 13.3. The van der Waals surface area contributed by atoms with Crippen molar-refractivity contribution in [3.05, 3.63) is 58.5 Å². The van der Waals surface area contributed by atoms with Crippen LogP contribution < -0.4 is 0 Å². The highest BCUT2D eigenvalue weighted by molar-refractivity contribution is 6.31. The summed E-state index contributed by atoms with van der Waals surface area (Å²) in [6.07, 6.45) is 1.77. The Morgan fingerprint density at radius 2 is 1.86 bits per heavy atom. The number of hydrogen-bond donors (Lipinski definition) is 0. The minimum atomic E-state index is -0.0911. The van der Waals surface area contributed by atoms with Crippen LogP contribution in [0.15, 0.2) is 36.5 Å². The van der Waals surface area contributed by atoms with E-state index in [1.807, 2.05) is 38.9 Å². The molecule has 110 valence electrons. The smallest absolute Gasteiger partial charge is 0.212 e. The summed E-state index contributed by atoms with van der Waals surface area (Å²) in [6, 6.07) is 8.81. The van der Waals surface area contributed by atoms with Crippen molar-refractivity contribution in [2.45, 2.75) is 13.8 Å². The average molecular weight is 304 g/mol. The van der Waals surface area contributed by atoms with Gasteiger partial charge < -0.3 is 4.90 Å². The van der Waals surface area contributed by atoms with Gasteiger partial charge in [-0.05, 0) is 44.2 Å². The number of carbonyl (C=O) groups excluding carboxylic acids is 1. The second-order valence-corrected chi connectivity index (χ2v) is 5.59. The van der Waals surface area contributed by atoms with Crippen LogP contribution in [0.25, 0.3) is 5.70 Å². The molecule has 5 heteroatoms. The lowest BCUT2D eigenvalue weighted by Crippen LogP contribution is -2.16. The number of allylic oxidation sites excluding steroid dienone is 1. The van der Waals surface area contributed by atoms with Crippen molar-refractivity contribution in [3.8, 4) is 0 Å². The fourth-order valence-electron chi connectivity index (χ4n) is 2.08. The number of aromatic nitrogens is 2. The van der Waals surface area contributed by atoms with Crippen molar-refractivity contribution in [1.82, 2.24) is 14.7 Å². The molecular weight excluding hydrogens is 286 g/mol. The third-order valence-corrected chi connectivity index (χ3v) is 3.21. The van der Waals surface area contributed by atoms with E-state index in [2.05, 4.69) is 5.10 Å². The zero-order chi connectivity index (χ0) is 15.6. The molecule has 0 radical (unpaired) electrons. The Kier molecular flexibility index (Phi) is 4.48. The quantitative estimate of drug-likeness (QED) is 0.642. The first-order valence-corrected chi connectivity index (χ1v) is 6.98. The van der Waals surface area contributed by atoms with Gasteiger partial charge in [0.15, 0.2) is 0 Å². The van der Waals surface area contributed by atoms with Crippen LogP contribution in [-0.4, -0.2) is 34.6 Å². The topological polar surface area (TPSA) is 38.1 Å². The van der Waals surface area contributed by atoms with Gasteiger partial charge in [0, 0.05) is 36.6 Å². The van der Waals surface area contributed by atoms with Gasteiger partial charge in [-0.15, -0.1) is 0 Å². The molecule has 0 aliphatic carbocycles. The number of ketones is 1. The van der Waals surface area contributed by atoms with E-state index in [0.717, 1.165) is 11.4 Å². The van der Waals surface area contributed by atoms with Gasteiger partial charge in [-0.3, -0.25) is 4.79 Å². The Balaban J connectivity index is 2.49. The number of halogens is 1. The predicted molar refractivity (Wildman–Crippen MR) is 85.4 cm³/mol. The summed E-state index contributed by atoms with van der Waals surface area (Å²) in [6.45, 7) is 3.84. The normalized spacial score (nSPS) is 11.6. The summed E-state index contributed by atoms with van der Waals surface area (Å²) in [7, 11) is 3.75. The van der Waals surface area contributed by atoms with Crippen LogP contribution in [-0.2, 0) is 0 Å². The summed E-state index contributed by atoms with van der Waals surface area (Å²) in [5.74, 6) is -0.0911. The second kappa shape index (κ2) is 6.14. The molecule has 1 aromatic heterocycles. The average Bonchev–Trinajstić information content (AvgIpc) is 2.75. The minimum absolute atomic E-state index is 0.0911. The molecule has 1 aromatic carbocycles. The first kappa shape index (κ1) is 15.3. The SMILES string of the molecule is Cc1cc(C)n(C(=CN(C)C)C(=O)c2ccc(Cl)cc2)n1. The molecule has 0 atom stereocenters. The largest absolute Gasteiger partial charge is 0.382 e. The van der Waals surface area contributed by atoms with Gasteiger partial charge in [-0.1, -0.05) is 11.6 Å². The van der Waals surface area contributed by atoms with Crippen LogP contribution in [0, 0.1) is 13.8 Å². The van der Waals surface area contributed by atoms with E-state index in [4.69, 9.17) is 11.6 Å². The van der Waals surface area contributed by atoms with Crippen LogP contribution in [0.1, 0.15) is 21.7 Å². The Bertz CT molecular complexity index is 684. The monoisotopic (exact) mass is 303 g/mol. The van der Waals surface area contributed by atoms with E-state index in [0.29, 0.717) is 16.3 Å². The van der Waals surface area contributed by atoms with Gasteiger partial charge in [0.05, 0.1) is 5.69 Å². The van der Waals surface area contributed by atoms with E-state index in [1.54, 1.807) is 35.1 Å². The Labute approximate surface area is 129 Å². The molecule has 2 aromatic rings. The van der Waals surface area contributed by atoms with Crippen molar-refractivity contribution in [2.24, 2.45) is 0 Å². The van der Waals surface area contributed by atoms with Crippen LogP contribution >= 0.6 is 11.6 Å². The summed E-state index contributed by atoms with van der Waals surface area (Å²) in [5, 5.41) is 5.01. The number of benzene rings is 1. The molecule has 1 heterocycles. The van der Waals surface area contributed by atoms with Crippen molar-refractivity contribution >= 4 is 23.1 Å². The van der Waals surface area contributed by atoms with Crippen LogP contribution in [0.2, 0.25) is 5.02 Å².